The van der Waals surface area contributed by atoms with Crippen molar-refractivity contribution in [2.24, 2.45) is 5.41 Å². The first-order valence-corrected chi connectivity index (χ1v) is 11.7. The van der Waals surface area contributed by atoms with Crippen LogP contribution in [-0.4, -0.2) is 22.5 Å². The Hall–Kier alpha value is -3.39. The summed E-state index contributed by atoms with van der Waals surface area (Å²) in [6.45, 7) is 6.67. The molecule has 1 aliphatic carbocycles. The number of phenols is 1. The van der Waals surface area contributed by atoms with Crippen molar-refractivity contribution in [2.45, 2.75) is 34.3 Å². The Morgan fingerprint density at radius 2 is 1.81 bits per heavy atom. The molecular weight excluding hydrogens is 507 g/mol. The summed E-state index contributed by atoms with van der Waals surface area (Å²) in [5.41, 5.74) is 0.523. The van der Waals surface area contributed by atoms with Gasteiger partial charge in [0.2, 0.25) is 5.43 Å². The van der Waals surface area contributed by atoms with Gasteiger partial charge in [0.15, 0.2) is 17.1 Å². The molecule has 36 heavy (non-hydrogen) atoms. The number of rotatable bonds is 5. The van der Waals surface area contributed by atoms with E-state index in [2.05, 4.69) is 0 Å². The quantitative estimate of drug-likeness (QED) is 0.181. The van der Waals surface area contributed by atoms with Gasteiger partial charge in [-0.2, -0.15) is 0 Å². The number of aromatic hydroxyl groups is 1. The first kappa shape index (κ1) is 25.7. The summed E-state index contributed by atoms with van der Waals surface area (Å²) in [5, 5.41) is 20.2. The van der Waals surface area contributed by atoms with Crippen molar-refractivity contribution in [1.82, 2.24) is 0 Å². The Labute approximate surface area is 216 Å². The SMILES string of the molecule is Cc1cc2c(-c3cc(C(=O)C(C)(C)C)ccc3OC=O)c3cc(CO)c(=O)c(Cl)c-3oc2c(Cl)c1O. The van der Waals surface area contributed by atoms with Crippen molar-refractivity contribution in [1.29, 1.82) is 0 Å². The zero-order valence-corrected chi connectivity index (χ0v) is 21.4. The number of carbonyl (C=O) groups excluding carboxylic acids is 2. The molecule has 2 N–H and O–H groups in total. The molecule has 0 bridgehead atoms. The number of Topliss-reactive ketones (excluding diaryl/α,β-unsaturated/α-hetero) is 1. The summed E-state index contributed by atoms with van der Waals surface area (Å²) in [7, 11) is 0. The maximum absolute atomic E-state index is 13.1. The summed E-state index contributed by atoms with van der Waals surface area (Å²) in [6, 6.07) is 7.68. The van der Waals surface area contributed by atoms with E-state index in [4.69, 9.17) is 32.4 Å². The van der Waals surface area contributed by atoms with Crippen LogP contribution >= 0.6 is 23.2 Å². The van der Waals surface area contributed by atoms with Crippen molar-refractivity contribution >= 4 is 46.4 Å². The number of aliphatic hydroxyl groups excluding tert-OH is 1. The number of benzene rings is 3. The smallest absolute Gasteiger partial charge is 0.298 e. The summed E-state index contributed by atoms with van der Waals surface area (Å²) < 4.78 is 11.2. The molecule has 0 unspecified atom stereocenters. The van der Waals surface area contributed by atoms with E-state index in [0.29, 0.717) is 33.2 Å². The van der Waals surface area contributed by atoms with Crippen LogP contribution in [0.4, 0.5) is 0 Å². The highest BCUT2D eigenvalue weighted by Gasteiger charge is 2.29. The van der Waals surface area contributed by atoms with Gasteiger partial charge in [-0.25, -0.2) is 0 Å². The van der Waals surface area contributed by atoms with Gasteiger partial charge in [-0.3, -0.25) is 14.4 Å². The van der Waals surface area contributed by atoms with Gasteiger partial charge in [0.1, 0.15) is 21.5 Å². The van der Waals surface area contributed by atoms with Gasteiger partial charge in [0.05, 0.1) is 6.61 Å². The highest BCUT2D eigenvalue weighted by molar-refractivity contribution is 6.37. The molecule has 4 rings (SSSR count). The van der Waals surface area contributed by atoms with Gasteiger partial charge >= 0.3 is 0 Å². The minimum atomic E-state index is -0.697. The number of carbonyl (C=O) groups is 2. The van der Waals surface area contributed by atoms with E-state index in [1.54, 1.807) is 45.9 Å². The van der Waals surface area contributed by atoms with Gasteiger partial charge in [-0.05, 0) is 42.8 Å². The molecule has 0 aromatic heterocycles. The fraction of sp³-hybridized carbons (Fsp3) is 0.222. The van der Waals surface area contributed by atoms with Gasteiger partial charge < -0.3 is 19.4 Å². The molecule has 2 aromatic rings. The Balaban J connectivity index is 2.27. The van der Waals surface area contributed by atoms with Crippen molar-refractivity contribution < 1.29 is 29.0 Å². The molecule has 1 aliphatic heterocycles. The molecule has 0 amide bonds. The number of halogens is 2. The van der Waals surface area contributed by atoms with Crippen LogP contribution in [0.1, 0.15) is 42.3 Å². The van der Waals surface area contributed by atoms with E-state index in [1.807, 2.05) is 0 Å². The van der Waals surface area contributed by atoms with E-state index < -0.39 is 17.5 Å². The normalized spacial score (nSPS) is 11.8. The Morgan fingerprint density at radius 3 is 2.42 bits per heavy atom. The third-order valence-corrected chi connectivity index (χ3v) is 6.61. The second-order valence-corrected chi connectivity index (χ2v) is 10.2. The summed E-state index contributed by atoms with van der Waals surface area (Å²) in [4.78, 5) is 37.2. The van der Waals surface area contributed by atoms with Gasteiger partial charge in [-0.15, -0.1) is 0 Å². The first-order valence-electron chi connectivity index (χ1n) is 10.9. The minimum Gasteiger partial charge on any atom is -0.506 e. The van der Waals surface area contributed by atoms with Crippen LogP contribution in [0.5, 0.6) is 11.5 Å². The molecule has 9 heteroatoms. The fourth-order valence-corrected chi connectivity index (χ4v) is 4.65. The second kappa shape index (κ2) is 9.24. The van der Waals surface area contributed by atoms with E-state index >= 15 is 0 Å². The van der Waals surface area contributed by atoms with E-state index in [-0.39, 0.29) is 50.7 Å². The molecule has 2 aliphatic rings. The van der Waals surface area contributed by atoms with Gasteiger partial charge in [0, 0.05) is 38.6 Å². The van der Waals surface area contributed by atoms with Crippen LogP contribution in [-0.2, 0) is 11.4 Å². The van der Waals surface area contributed by atoms with Crippen LogP contribution in [0.25, 0.3) is 33.4 Å². The molecule has 0 fully saturated rings. The standard InChI is InChI=1S/C27H22Cl2O7/c1-12-7-16-19(15-8-13(26(34)27(2,3)4)5-6-18(15)35-11-31)17-9-14(10-30)23(33)21(29)25(17)36-24(16)20(28)22(12)32/h5-9,11,30,32H,10H2,1-4H3. The van der Waals surface area contributed by atoms with Crippen molar-refractivity contribution in [3.63, 3.8) is 0 Å². The van der Waals surface area contributed by atoms with Crippen molar-refractivity contribution in [3.8, 4) is 33.9 Å². The predicted octanol–water partition coefficient (Wildman–Crippen LogP) is 6.14. The van der Waals surface area contributed by atoms with Crippen LogP contribution < -0.4 is 10.2 Å². The highest BCUT2D eigenvalue weighted by Crippen LogP contribution is 2.49. The zero-order valence-electron chi connectivity index (χ0n) is 19.9. The molecule has 0 spiro atoms. The first-order chi connectivity index (χ1) is 16.9. The maximum atomic E-state index is 13.1. The molecule has 2 aromatic carbocycles. The molecule has 0 radical (unpaired) electrons. The van der Waals surface area contributed by atoms with Crippen molar-refractivity contribution in [2.75, 3.05) is 0 Å². The zero-order chi connectivity index (χ0) is 26.5. The lowest BCUT2D eigenvalue weighted by molar-refractivity contribution is -0.120. The van der Waals surface area contributed by atoms with Crippen LogP contribution in [0.15, 0.2) is 39.5 Å². The highest BCUT2D eigenvalue weighted by atomic mass is 35.5. The predicted molar refractivity (Wildman–Crippen MR) is 137 cm³/mol. The van der Waals surface area contributed by atoms with Gasteiger partial charge in [0.25, 0.3) is 6.47 Å². The number of ketones is 1. The summed E-state index contributed by atoms with van der Waals surface area (Å²) >= 11 is 12.8. The Kier molecular flexibility index (Phi) is 6.60. The molecule has 7 nitrogen and oxygen atoms in total. The minimum absolute atomic E-state index is 0.0182. The largest absolute Gasteiger partial charge is 0.506 e. The molecule has 0 atom stereocenters. The molecule has 0 saturated carbocycles. The van der Waals surface area contributed by atoms with Crippen molar-refractivity contribution in [3.05, 3.63) is 67.3 Å². The number of hydrogen-bond donors (Lipinski definition) is 2. The van der Waals surface area contributed by atoms with Crippen LogP contribution in [0.3, 0.4) is 0 Å². The Bertz CT molecular complexity index is 1580. The van der Waals surface area contributed by atoms with E-state index in [9.17, 15) is 24.6 Å². The molecule has 0 saturated heterocycles. The molecule has 186 valence electrons. The lowest BCUT2D eigenvalue weighted by Crippen LogP contribution is -2.20. The number of aliphatic hydroxyl groups is 1. The third-order valence-electron chi connectivity index (χ3n) is 5.92. The average molecular weight is 529 g/mol. The van der Waals surface area contributed by atoms with Crippen LogP contribution in [0.2, 0.25) is 10.0 Å². The topological polar surface area (TPSA) is 114 Å². The summed E-state index contributed by atoms with van der Waals surface area (Å²) in [5.74, 6) is -0.293. The van der Waals surface area contributed by atoms with E-state index in [1.165, 1.54) is 12.1 Å². The number of aryl methyl sites for hydroxylation is 1. The summed E-state index contributed by atoms with van der Waals surface area (Å²) in [6.07, 6.45) is 0. The monoisotopic (exact) mass is 528 g/mol. The number of fused-ring (bicyclic) bond motifs is 2. The fourth-order valence-electron chi connectivity index (χ4n) is 4.10. The lowest BCUT2D eigenvalue weighted by atomic mass is 9.84. The van der Waals surface area contributed by atoms with E-state index in [0.717, 1.165) is 0 Å². The second-order valence-electron chi connectivity index (χ2n) is 9.43. The third kappa shape index (κ3) is 4.13. The molecule has 1 heterocycles. The maximum Gasteiger partial charge on any atom is 0.298 e. The average Bonchev–Trinajstić information content (AvgIpc) is 2.83. The molecular formula is C27H22Cl2O7. The van der Waals surface area contributed by atoms with Gasteiger partial charge in [-0.1, -0.05) is 44.0 Å². The lowest BCUT2D eigenvalue weighted by Gasteiger charge is -2.21. The number of ether oxygens (including phenoxy) is 1. The Morgan fingerprint density at radius 1 is 1.11 bits per heavy atom. The number of hydrogen-bond acceptors (Lipinski definition) is 7. The van der Waals surface area contributed by atoms with Crippen LogP contribution in [0, 0.1) is 12.3 Å². The number of phenolic OH excluding ortho intramolecular Hbond substituents is 1.